The third-order valence-corrected chi connectivity index (χ3v) is 6.89. The molecule has 9 heteroatoms. The molecular formula is C30H40FN7O. The van der Waals surface area contributed by atoms with Crippen LogP contribution in [0.15, 0.2) is 59.9 Å². The molecule has 0 bridgehead atoms. The van der Waals surface area contributed by atoms with Crippen molar-refractivity contribution in [1.82, 2.24) is 14.5 Å². The van der Waals surface area contributed by atoms with E-state index in [9.17, 15) is 9.50 Å². The number of benzene rings is 2. The number of rotatable bonds is 11. The smallest absolute Gasteiger partial charge is 0.208 e. The van der Waals surface area contributed by atoms with Gasteiger partial charge in [-0.3, -0.25) is 0 Å². The molecule has 1 saturated heterocycles. The molecule has 1 aromatic heterocycles. The van der Waals surface area contributed by atoms with Crippen molar-refractivity contribution < 1.29 is 9.50 Å². The molecule has 208 valence electrons. The van der Waals surface area contributed by atoms with Crippen LogP contribution in [0.2, 0.25) is 0 Å². The highest BCUT2D eigenvalue weighted by Gasteiger charge is 2.19. The van der Waals surface area contributed by atoms with Crippen LogP contribution < -0.4 is 15.5 Å². The molecule has 0 amide bonds. The summed E-state index contributed by atoms with van der Waals surface area (Å²) in [5.41, 5.74) is 4.51. The fourth-order valence-electron chi connectivity index (χ4n) is 4.70. The minimum Gasteiger partial charge on any atom is -0.505 e. The third-order valence-electron chi connectivity index (χ3n) is 6.89. The largest absolute Gasteiger partial charge is 0.505 e. The number of likely N-dealkylation sites (N-methyl/N-ethyl adjacent to an activating group) is 1. The molecule has 0 atom stereocenters. The number of halogens is 1. The average molecular weight is 534 g/mol. The van der Waals surface area contributed by atoms with Gasteiger partial charge >= 0.3 is 0 Å². The maximum Gasteiger partial charge on any atom is 0.208 e. The Labute approximate surface area is 230 Å². The van der Waals surface area contributed by atoms with Gasteiger partial charge in [0.25, 0.3) is 0 Å². The van der Waals surface area contributed by atoms with Gasteiger partial charge in [-0.05, 0) is 70.1 Å². The van der Waals surface area contributed by atoms with Crippen LogP contribution >= 0.6 is 0 Å². The lowest BCUT2D eigenvalue weighted by atomic mass is 10.1. The van der Waals surface area contributed by atoms with Crippen molar-refractivity contribution in [2.75, 3.05) is 48.8 Å². The van der Waals surface area contributed by atoms with Crippen LogP contribution in [0.5, 0.6) is 5.75 Å². The summed E-state index contributed by atoms with van der Waals surface area (Å²) in [6, 6.07) is 12.6. The van der Waals surface area contributed by atoms with Gasteiger partial charge < -0.3 is 30.1 Å². The zero-order chi connectivity index (χ0) is 27.9. The second-order valence-electron chi connectivity index (χ2n) is 10.3. The van der Waals surface area contributed by atoms with Crippen molar-refractivity contribution >= 4 is 29.2 Å². The molecule has 4 rings (SSSR count). The lowest BCUT2D eigenvalue weighted by Crippen LogP contribution is -2.44. The number of unbranched alkanes of at least 4 members (excludes halogenated alkanes) is 1. The first kappa shape index (κ1) is 28.2. The van der Waals surface area contributed by atoms with Crippen molar-refractivity contribution in [3.63, 3.8) is 0 Å². The van der Waals surface area contributed by atoms with Crippen molar-refractivity contribution in [2.45, 2.75) is 46.1 Å². The summed E-state index contributed by atoms with van der Waals surface area (Å²) in [6.45, 7) is 14.6. The Hall–Kier alpha value is -3.85. The number of nitrogens with one attached hydrogen (secondary N) is 2. The van der Waals surface area contributed by atoms with E-state index in [1.165, 1.54) is 17.8 Å². The van der Waals surface area contributed by atoms with Crippen LogP contribution in [0.1, 0.15) is 51.0 Å². The number of phenols is 1. The second kappa shape index (κ2) is 12.8. The van der Waals surface area contributed by atoms with E-state index in [4.69, 9.17) is 4.98 Å². The lowest BCUT2D eigenvalue weighted by molar-refractivity contribution is 0.313. The predicted molar refractivity (Wildman–Crippen MR) is 159 cm³/mol. The van der Waals surface area contributed by atoms with Gasteiger partial charge in [0.1, 0.15) is 11.5 Å². The van der Waals surface area contributed by atoms with E-state index in [1.54, 1.807) is 12.3 Å². The molecule has 0 unspecified atom stereocenters. The number of hydrogen-bond donors (Lipinski definition) is 3. The van der Waals surface area contributed by atoms with Crippen molar-refractivity contribution in [3.05, 3.63) is 72.1 Å². The molecule has 1 aliphatic rings. The molecule has 0 aliphatic carbocycles. The van der Waals surface area contributed by atoms with E-state index < -0.39 is 11.6 Å². The van der Waals surface area contributed by atoms with Crippen LogP contribution in [-0.4, -0.2) is 59.0 Å². The highest BCUT2D eigenvalue weighted by molar-refractivity contribution is 5.81. The first-order valence-electron chi connectivity index (χ1n) is 13.6. The van der Waals surface area contributed by atoms with E-state index in [0.717, 1.165) is 62.5 Å². The number of piperazine rings is 1. The molecule has 0 spiro atoms. The quantitative estimate of drug-likeness (QED) is 0.257. The van der Waals surface area contributed by atoms with Crippen LogP contribution in [-0.2, 0) is 6.42 Å². The van der Waals surface area contributed by atoms with Crippen molar-refractivity contribution in [2.24, 2.45) is 4.99 Å². The highest BCUT2D eigenvalue weighted by Crippen LogP contribution is 2.28. The van der Waals surface area contributed by atoms with Gasteiger partial charge in [0, 0.05) is 61.0 Å². The maximum absolute atomic E-state index is 13.6. The Morgan fingerprint density at radius 3 is 2.46 bits per heavy atom. The Balaban J connectivity index is 1.50. The maximum atomic E-state index is 13.6. The standard InChI is InChI=1S/C30H40FN7O/c1-6-7-8-28-27(35-30(38(28)21(2)3)34-24-11-14-26(31)29(39)19-24)20-32-22(4)33-23-9-12-25(13-10-23)37-17-15-36(5)16-18-37/h9-14,19-21,33,39H,4,6-8,15-18H2,1-3,5H3,(H,34,35). The summed E-state index contributed by atoms with van der Waals surface area (Å²) < 4.78 is 15.7. The Bertz CT molecular complexity index is 1290. The summed E-state index contributed by atoms with van der Waals surface area (Å²) in [5.74, 6) is 0.0567. The molecule has 0 radical (unpaired) electrons. The number of anilines is 4. The van der Waals surface area contributed by atoms with Gasteiger partial charge in [0.05, 0.1) is 6.21 Å². The molecule has 2 heterocycles. The number of phenolic OH excluding ortho intramolecular Hbond substituents is 1. The number of imidazole rings is 1. The van der Waals surface area contributed by atoms with Gasteiger partial charge in [-0.15, -0.1) is 0 Å². The van der Waals surface area contributed by atoms with Crippen LogP contribution in [0.4, 0.5) is 27.4 Å². The fourth-order valence-corrected chi connectivity index (χ4v) is 4.70. The van der Waals surface area contributed by atoms with Gasteiger partial charge in [-0.25, -0.2) is 14.4 Å². The minimum atomic E-state index is -0.663. The van der Waals surface area contributed by atoms with Gasteiger partial charge in [-0.1, -0.05) is 19.9 Å². The summed E-state index contributed by atoms with van der Waals surface area (Å²) in [6.07, 6.45) is 4.64. The molecule has 39 heavy (non-hydrogen) atoms. The summed E-state index contributed by atoms with van der Waals surface area (Å²) >= 11 is 0. The number of hydrogen-bond acceptors (Lipinski definition) is 7. The molecular weight excluding hydrogens is 493 g/mol. The van der Waals surface area contributed by atoms with Crippen LogP contribution in [0, 0.1) is 5.82 Å². The molecule has 8 nitrogen and oxygen atoms in total. The van der Waals surface area contributed by atoms with E-state index in [-0.39, 0.29) is 6.04 Å². The predicted octanol–water partition coefficient (Wildman–Crippen LogP) is 6.15. The Morgan fingerprint density at radius 2 is 1.82 bits per heavy atom. The topological polar surface area (TPSA) is 80.9 Å². The highest BCUT2D eigenvalue weighted by atomic mass is 19.1. The summed E-state index contributed by atoms with van der Waals surface area (Å²) in [5, 5.41) is 16.3. The average Bonchev–Trinajstić information content (AvgIpc) is 3.26. The van der Waals surface area contributed by atoms with Gasteiger partial charge in [-0.2, -0.15) is 0 Å². The zero-order valence-corrected chi connectivity index (χ0v) is 23.4. The molecule has 1 fully saturated rings. The summed E-state index contributed by atoms with van der Waals surface area (Å²) in [7, 11) is 2.16. The van der Waals surface area contributed by atoms with Crippen molar-refractivity contribution in [1.29, 1.82) is 0 Å². The fraction of sp³-hybridized carbons (Fsp3) is 0.400. The second-order valence-corrected chi connectivity index (χ2v) is 10.3. The molecule has 0 saturated carbocycles. The first-order chi connectivity index (χ1) is 18.7. The SMILES string of the molecule is C=C(N=Cc1nc(Nc2ccc(F)c(O)c2)n(C(C)C)c1CCCC)Nc1ccc(N2CCN(C)CC2)cc1. The zero-order valence-electron chi connectivity index (χ0n) is 23.4. The van der Waals surface area contributed by atoms with E-state index in [1.807, 2.05) is 0 Å². The Morgan fingerprint density at radius 1 is 1.13 bits per heavy atom. The Kier molecular flexibility index (Phi) is 9.24. The molecule has 3 aromatic rings. The van der Waals surface area contributed by atoms with Gasteiger partial charge in [0.2, 0.25) is 5.95 Å². The minimum absolute atomic E-state index is 0.128. The molecule has 3 N–H and O–H groups in total. The lowest BCUT2D eigenvalue weighted by Gasteiger charge is -2.34. The van der Waals surface area contributed by atoms with Crippen LogP contribution in [0.3, 0.4) is 0 Å². The summed E-state index contributed by atoms with van der Waals surface area (Å²) in [4.78, 5) is 14.2. The van der Waals surface area contributed by atoms with Crippen LogP contribution in [0.25, 0.3) is 0 Å². The number of aliphatic imine (C=N–C) groups is 1. The number of nitrogens with zero attached hydrogens (tertiary/aromatic N) is 5. The third kappa shape index (κ3) is 7.17. The van der Waals surface area contributed by atoms with Gasteiger partial charge in [0.15, 0.2) is 11.6 Å². The monoisotopic (exact) mass is 533 g/mol. The number of aromatic nitrogens is 2. The van der Waals surface area contributed by atoms with E-state index in [2.05, 4.69) is 88.7 Å². The molecule has 2 aromatic carbocycles. The van der Waals surface area contributed by atoms with E-state index in [0.29, 0.717) is 17.5 Å². The number of aromatic hydroxyl groups is 1. The normalized spacial score (nSPS) is 14.4. The molecule has 1 aliphatic heterocycles. The van der Waals surface area contributed by atoms with E-state index >= 15 is 0 Å². The van der Waals surface area contributed by atoms with Crippen molar-refractivity contribution in [3.8, 4) is 5.75 Å². The first-order valence-corrected chi connectivity index (χ1v) is 13.6.